The van der Waals surface area contributed by atoms with Gasteiger partial charge in [-0.05, 0) is 31.3 Å². The second kappa shape index (κ2) is 11.1. The second-order valence-corrected chi connectivity index (χ2v) is 6.82. The summed E-state index contributed by atoms with van der Waals surface area (Å²) in [5, 5.41) is 8.47. The van der Waals surface area contributed by atoms with Gasteiger partial charge < -0.3 is 5.11 Å². The smallest absolute Gasteiger partial charge is 0.156 e. The van der Waals surface area contributed by atoms with Crippen molar-refractivity contribution < 1.29 is 9.90 Å². The van der Waals surface area contributed by atoms with Crippen molar-refractivity contribution in [2.24, 2.45) is 5.41 Å². The van der Waals surface area contributed by atoms with Crippen LogP contribution < -0.4 is 0 Å². The third-order valence-electron chi connectivity index (χ3n) is 3.58. The number of ketones is 1. The van der Waals surface area contributed by atoms with Gasteiger partial charge in [0.05, 0.1) is 0 Å². The molecule has 0 unspecified atom stereocenters. The molecule has 0 aromatic carbocycles. The topological polar surface area (TPSA) is 37.3 Å². The molecule has 1 aliphatic rings. The van der Waals surface area contributed by atoms with Crippen LogP contribution in [0.4, 0.5) is 0 Å². The van der Waals surface area contributed by atoms with E-state index in [1.54, 1.807) is 6.08 Å². The fourth-order valence-electron chi connectivity index (χ4n) is 2.73. The van der Waals surface area contributed by atoms with Crippen molar-refractivity contribution in [2.45, 2.75) is 85.5 Å². The number of unbranched alkanes of at least 4 members (excludes halogenated alkanes) is 6. The van der Waals surface area contributed by atoms with E-state index in [1.807, 2.05) is 6.92 Å². The first-order chi connectivity index (χ1) is 9.41. The van der Waals surface area contributed by atoms with E-state index in [0.717, 1.165) is 12.8 Å². The van der Waals surface area contributed by atoms with Gasteiger partial charge in [0.1, 0.15) is 0 Å². The molecule has 0 saturated carbocycles. The van der Waals surface area contributed by atoms with Crippen LogP contribution in [0.5, 0.6) is 0 Å². The molecule has 0 atom stereocenters. The fourth-order valence-corrected chi connectivity index (χ4v) is 2.73. The van der Waals surface area contributed by atoms with Crippen molar-refractivity contribution in [3.63, 3.8) is 0 Å². The Bertz CT molecular complexity index is 282. The quantitative estimate of drug-likeness (QED) is 0.663. The van der Waals surface area contributed by atoms with Gasteiger partial charge in [0.2, 0.25) is 0 Å². The molecule has 0 heterocycles. The van der Waals surface area contributed by atoms with E-state index < -0.39 is 0 Å². The minimum Gasteiger partial charge on any atom is -0.396 e. The van der Waals surface area contributed by atoms with Crippen molar-refractivity contribution in [3.05, 3.63) is 11.6 Å². The lowest BCUT2D eigenvalue weighted by Crippen LogP contribution is -2.20. The Morgan fingerprint density at radius 2 is 1.60 bits per heavy atom. The molecule has 118 valence electrons. The van der Waals surface area contributed by atoms with E-state index in [2.05, 4.69) is 20.8 Å². The molecule has 0 aromatic rings. The molecule has 0 bridgehead atoms. The Labute approximate surface area is 125 Å². The molecule has 0 fully saturated rings. The fraction of sp³-hybridized carbons (Fsp3) is 0.833. The summed E-state index contributed by atoms with van der Waals surface area (Å²) in [7, 11) is 0. The summed E-state index contributed by atoms with van der Waals surface area (Å²) < 4.78 is 0. The van der Waals surface area contributed by atoms with Crippen molar-refractivity contribution >= 4 is 5.78 Å². The Morgan fingerprint density at radius 1 is 1.05 bits per heavy atom. The Balaban J connectivity index is 0.000000361. The standard InChI is InChI=1S/C9H14O.C9H20O/c1-7-4-8(10)6-9(2,3)5-7;1-2-3-4-5-6-7-8-9-10/h4H,5-6H2,1-3H3;10H,2-9H2,1H3. The lowest BCUT2D eigenvalue weighted by molar-refractivity contribution is -0.117. The summed E-state index contributed by atoms with van der Waals surface area (Å²) in [5.41, 5.74) is 1.43. The van der Waals surface area contributed by atoms with Crippen LogP contribution in [0.2, 0.25) is 0 Å². The summed E-state index contributed by atoms with van der Waals surface area (Å²) in [6.45, 7) is 8.91. The van der Waals surface area contributed by atoms with E-state index in [4.69, 9.17) is 5.11 Å². The lowest BCUT2D eigenvalue weighted by Gasteiger charge is -2.27. The lowest BCUT2D eigenvalue weighted by atomic mass is 9.77. The van der Waals surface area contributed by atoms with Gasteiger partial charge in [0, 0.05) is 13.0 Å². The maximum absolute atomic E-state index is 11.0. The molecule has 0 aromatic heterocycles. The van der Waals surface area contributed by atoms with Crippen molar-refractivity contribution in [2.75, 3.05) is 6.61 Å². The van der Waals surface area contributed by atoms with Gasteiger partial charge in [-0.1, -0.05) is 64.9 Å². The van der Waals surface area contributed by atoms with Crippen LogP contribution in [0.1, 0.15) is 85.5 Å². The highest BCUT2D eigenvalue weighted by molar-refractivity contribution is 5.91. The van der Waals surface area contributed by atoms with E-state index >= 15 is 0 Å². The number of allylic oxidation sites excluding steroid dienone is 2. The van der Waals surface area contributed by atoms with Crippen LogP contribution in [0.3, 0.4) is 0 Å². The number of rotatable bonds is 7. The van der Waals surface area contributed by atoms with E-state index in [-0.39, 0.29) is 11.2 Å². The molecule has 2 nitrogen and oxygen atoms in total. The molecule has 2 heteroatoms. The molecule has 1 rings (SSSR count). The molecule has 1 aliphatic carbocycles. The van der Waals surface area contributed by atoms with Gasteiger partial charge in [0.15, 0.2) is 5.78 Å². The third-order valence-corrected chi connectivity index (χ3v) is 3.58. The van der Waals surface area contributed by atoms with E-state index in [9.17, 15) is 4.79 Å². The Morgan fingerprint density at radius 3 is 2.05 bits per heavy atom. The number of hydrogen-bond donors (Lipinski definition) is 1. The normalized spacial score (nSPS) is 17.2. The number of hydrogen-bond acceptors (Lipinski definition) is 2. The van der Waals surface area contributed by atoms with Gasteiger partial charge in [-0.25, -0.2) is 0 Å². The molecule has 0 radical (unpaired) electrons. The Kier molecular flexibility index (Phi) is 10.7. The highest BCUT2D eigenvalue weighted by atomic mass is 16.2. The zero-order chi connectivity index (χ0) is 15.4. The Hall–Kier alpha value is -0.630. The first kappa shape index (κ1) is 19.4. The zero-order valence-corrected chi connectivity index (χ0v) is 14.0. The molecule has 20 heavy (non-hydrogen) atoms. The molecule has 0 amide bonds. The van der Waals surface area contributed by atoms with Gasteiger partial charge in [-0.15, -0.1) is 0 Å². The molecule has 0 saturated heterocycles. The second-order valence-electron chi connectivity index (χ2n) is 6.82. The number of carbonyl (C=O) groups is 1. The SMILES string of the molecule is CC1=CC(=O)CC(C)(C)C1.CCCCCCCCCO. The minimum absolute atomic E-state index is 0.204. The monoisotopic (exact) mass is 282 g/mol. The molecule has 1 N–H and O–H groups in total. The highest BCUT2D eigenvalue weighted by Gasteiger charge is 2.25. The molecular weight excluding hydrogens is 248 g/mol. The first-order valence-electron chi connectivity index (χ1n) is 8.22. The summed E-state index contributed by atoms with van der Waals surface area (Å²) in [6, 6.07) is 0. The predicted octanol–water partition coefficient (Wildman–Crippen LogP) is 5.05. The average Bonchev–Trinajstić information content (AvgIpc) is 2.31. The summed E-state index contributed by atoms with van der Waals surface area (Å²) in [5.74, 6) is 0.286. The van der Waals surface area contributed by atoms with Gasteiger partial charge >= 0.3 is 0 Å². The molecule has 0 spiro atoms. The maximum atomic E-state index is 11.0. The van der Waals surface area contributed by atoms with Gasteiger partial charge in [-0.2, -0.15) is 0 Å². The van der Waals surface area contributed by atoms with Crippen LogP contribution in [0.25, 0.3) is 0 Å². The van der Waals surface area contributed by atoms with E-state index in [1.165, 1.54) is 44.1 Å². The van der Waals surface area contributed by atoms with Gasteiger partial charge in [0.25, 0.3) is 0 Å². The highest BCUT2D eigenvalue weighted by Crippen LogP contribution is 2.32. The third kappa shape index (κ3) is 11.2. The summed E-state index contributed by atoms with van der Waals surface area (Å²) >= 11 is 0. The van der Waals surface area contributed by atoms with Crippen LogP contribution >= 0.6 is 0 Å². The number of carbonyl (C=O) groups excluding carboxylic acids is 1. The van der Waals surface area contributed by atoms with Crippen LogP contribution in [-0.2, 0) is 4.79 Å². The van der Waals surface area contributed by atoms with E-state index in [0.29, 0.717) is 13.0 Å². The van der Waals surface area contributed by atoms with Crippen molar-refractivity contribution in [1.82, 2.24) is 0 Å². The first-order valence-corrected chi connectivity index (χ1v) is 8.22. The largest absolute Gasteiger partial charge is 0.396 e. The number of aliphatic hydroxyl groups is 1. The van der Waals surface area contributed by atoms with Crippen molar-refractivity contribution in [3.8, 4) is 0 Å². The summed E-state index contributed by atoms with van der Waals surface area (Å²) in [6.07, 6.45) is 12.5. The zero-order valence-electron chi connectivity index (χ0n) is 14.0. The predicted molar refractivity (Wildman–Crippen MR) is 86.9 cm³/mol. The van der Waals surface area contributed by atoms with Crippen molar-refractivity contribution in [1.29, 1.82) is 0 Å². The minimum atomic E-state index is 0.204. The molecular formula is C18H34O2. The summed E-state index contributed by atoms with van der Waals surface area (Å²) in [4.78, 5) is 11.0. The van der Waals surface area contributed by atoms with Crippen LogP contribution in [-0.4, -0.2) is 17.5 Å². The van der Waals surface area contributed by atoms with Crippen LogP contribution in [0, 0.1) is 5.41 Å². The van der Waals surface area contributed by atoms with Crippen LogP contribution in [0.15, 0.2) is 11.6 Å². The molecule has 0 aliphatic heterocycles. The number of aliphatic hydroxyl groups excluding tert-OH is 1. The van der Waals surface area contributed by atoms with Gasteiger partial charge in [-0.3, -0.25) is 4.79 Å². The average molecular weight is 282 g/mol. The maximum Gasteiger partial charge on any atom is 0.156 e.